The van der Waals surface area contributed by atoms with Crippen molar-refractivity contribution in [3.8, 4) is 0 Å². The van der Waals surface area contributed by atoms with E-state index in [-0.39, 0.29) is 11.3 Å². The molecule has 2 saturated heterocycles. The molecule has 4 nitrogen and oxygen atoms in total. The van der Waals surface area contributed by atoms with Crippen molar-refractivity contribution >= 4 is 11.8 Å². The quantitative estimate of drug-likeness (QED) is 0.763. The highest BCUT2D eigenvalue weighted by Crippen LogP contribution is 2.41. The average molecular weight is 264 g/mol. The molecule has 1 atom stereocenters. The molecule has 1 unspecified atom stereocenters. The van der Waals surface area contributed by atoms with Crippen LogP contribution in [-0.2, 0) is 9.59 Å². The SMILES string of the molecule is CC1(CC(=O)N2CCN3C(=O)CCC3C2)CCCC1. The van der Waals surface area contributed by atoms with E-state index in [1.54, 1.807) is 0 Å². The molecule has 2 heterocycles. The second kappa shape index (κ2) is 4.80. The van der Waals surface area contributed by atoms with Crippen LogP contribution in [-0.4, -0.2) is 47.3 Å². The number of carbonyl (C=O) groups excluding carboxylic acids is 2. The summed E-state index contributed by atoms with van der Waals surface area (Å²) < 4.78 is 0. The van der Waals surface area contributed by atoms with E-state index in [1.165, 1.54) is 25.7 Å². The van der Waals surface area contributed by atoms with Gasteiger partial charge in [-0.05, 0) is 24.7 Å². The van der Waals surface area contributed by atoms with E-state index in [1.807, 2.05) is 9.80 Å². The molecule has 0 N–H and O–H groups in total. The normalized spacial score (nSPS) is 29.7. The van der Waals surface area contributed by atoms with E-state index in [2.05, 4.69) is 6.92 Å². The monoisotopic (exact) mass is 264 g/mol. The van der Waals surface area contributed by atoms with Crippen molar-refractivity contribution in [2.24, 2.45) is 5.41 Å². The maximum atomic E-state index is 12.5. The van der Waals surface area contributed by atoms with E-state index < -0.39 is 0 Å². The molecule has 3 fully saturated rings. The Labute approximate surface area is 115 Å². The van der Waals surface area contributed by atoms with Gasteiger partial charge in [0.1, 0.15) is 0 Å². The number of nitrogens with zero attached hydrogens (tertiary/aromatic N) is 2. The number of hydrogen-bond acceptors (Lipinski definition) is 2. The van der Waals surface area contributed by atoms with Crippen molar-refractivity contribution < 1.29 is 9.59 Å². The van der Waals surface area contributed by atoms with Crippen LogP contribution in [0, 0.1) is 5.41 Å². The minimum absolute atomic E-state index is 0.236. The predicted octanol–water partition coefficient (Wildman–Crippen LogP) is 1.79. The van der Waals surface area contributed by atoms with Gasteiger partial charge in [0.15, 0.2) is 0 Å². The first kappa shape index (κ1) is 12.9. The van der Waals surface area contributed by atoms with Gasteiger partial charge in [0.25, 0.3) is 0 Å². The second-order valence-electron chi connectivity index (χ2n) is 6.81. The van der Waals surface area contributed by atoms with Crippen LogP contribution in [0.2, 0.25) is 0 Å². The van der Waals surface area contributed by atoms with Crippen molar-refractivity contribution in [3.63, 3.8) is 0 Å². The molecule has 19 heavy (non-hydrogen) atoms. The molecule has 106 valence electrons. The maximum absolute atomic E-state index is 12.5. The molecule has 3 rings (SSSR count). The summed E-state index contributed by atoms with van der Waals surface area (Å²) >= 11 is 0. The summed E-state index contributed by atoms with van der Waals surface area (Å²) in [7, 11) is 0. The molecule has 0 spiro atoms. The van der Waals surface area contributed by atoms with Gasteiger partial charge in [0, 0.05) is 38.5 Å². The lowest BCUT2D eigenvalue weighted by atomic mass is 9.84. The van der Waals surface area contributed by atoms with Crippen LogP contribution < -0.4 is 0 Å². The lowest BCUT2D eigenvalue weighted by molar-refractivity contribution is -0.140. The molecule has 0 aromatic rings. The molecular weight excluding hydrogens is 240 g/mol. The third kappa shape index (κ3) is 2.49. The third-order valence-corrected chi connectivity index (χ3v) is 5.24. The summed E-state index contributed by atoms with van der Waals surface area (Å²) in [4.78, 5) is 28.1. The number of hydrogen-bond donors (Lipinski definition) is 0. The molecule has 1 aliphatic carbocycles. The lowest BCUT2D eigenvalue weighted by Gasteiger charge is -2.38. The molecular formula is C15H24N2O2. The van der Waals surface area contributed by atoms with Crippen molar-refractivity contribution in [2.45, 2.75) is 57.9 Å². The molecule has 1 saturated carbocycles. The van der Waals surface area contributed by atoms with Gasteiger partial charge in [-0.15, -0.1) is 0 Å². The highest BCUT2D eigenvalue weighted by Gasteiger charge is 2.39. The van der Waals surface area contributed by atoms with E-state index in [0.29, 0.717) is 24.8 Å². The largest absolute Gasteiger partial charge is 0.339 e. The van der Waals surface area contributed by atoms with Crippen LogP contribution >= 0.6 is 0 Å². The number of carbonyl (C=O) groups is 2. The van der Waals surface area contributed by atoms with E-state index in [9.17, 15) is 9.59 Å². The van der Waals surface area contributed by atoms with Crippen LogP contribution in [0.15, 0.2) is 0 Å². The third-order valence-electron chi connectivity index (χ3n) is 5.24. The molecule has 0 bridgehead atoms. The molecule has 4 heteroatoms. The van der Waals surface area contributed by atoms with Gasteiger partial charge in [0.05, 0.1) is 0 Å². The van der Waals surface area contributed by atoms with Crippen molar-refractivity contribution in [3.05, 3.63) is 0 Å². The smallest absolute Gasteiger partial charge is 0.223 e. The molecule has 3 aliphatic rings. The zero-order chi connectivity index (χ0) is 13.5. The Kier molecular flexibility index (Phi) is 3.27. The topological polar surface area (TPSA) is 40.6 Å². The van der Waals surface area contributed by atoms with Crippen LogP contribution in [0.25, 0.3) is 0 Å². The average Bonchev–Trinajstić information content (AvgIpc) is 2.96. The summed E-state index contributed by atoms with van der Waals surface area (Å²) in [5, 5.41) is 0. The highest BCUT2D eigenvalue weighted by molar-refractivity contribution is 5.80. The number of piperazine rings is 1. The first-order valence-electron chi connectivity index (χ1n) is 7.65. The van der Waals surface area contributed by atoms with Crippen molar-refractivity contribution in [1.29, 1.82) is 0 Å². The Morgan fingerprint density at radius 2 is 2.05 bits per heavy atom. The fourth-order valence-electron chi connectivity index (χ4n) is 3.97. The van der Waals surface area contributed by atoms with Gasteiger partial charge >= 0.3 is 0 Å². The highest BCUT2D eigenvalue weighted by atomic mass is 16.2. The fraction of sp³-hybridized carbons (Fsp3) is 0.867. The summed E-state index contributed by atoms with van der Waals surface area (Å²) in [5.74, 6) is 0.586. The summed E-state index contributed by atoms with van der Waals surface area (Å²) in [5.41, 5.74) is 0.236. The van der Waals surface area contributed by atoms with Gasteiger partial charge in [-0.25, -0.2) is 0 Å². The predicted molar refractivity (Wildman–Crippen MR) is 72.5 cm³/mol. The minimum Gasteiger partial charge on any atom is -0.339 e. The number of fused-ring (bicyclic) bond motifs is 1. The Morgan fingerprint density at radius 1 is 1.32 bits per heavy atom. The summed E-state index contributed by atoms with van der Waals surface area (Å²) in [6.07, 6.45) is 7.24. The van der Waals surface area contributed by atoms with E-state index in [0.717, 1.165) is 26.1 Å². The fourth-order valence-corrected chi connectivity index (χ4v) is 3.97. The van der Waals surface area contributed by atoms with Gasteiger partial charge in [-0.1, -0.05) is 19.8 Å². The Morgan fingerprint density at radius 3 is 2.79 bits per heavy atom. The maximum Gasteiger partial charge on any atom is 0.223 e. The molecule has 0 aromatic carbocycles. The second-order valence-corrected chi connectivity index (χ2v) is 6.81. The van der Waals surface area contributed by atoms with E-state index in [4.69, 9.17) is 0 Å². The Hall–Kier alpha value is -1.06. The first-order chi connectivity index (χ1) is 9.07. The van der Waals surface area contributed by atoms with Crippen LogP contribution in [0.3, 0.4) is 0 Å². The number of amides is 2. The van der Waals surface area contributed by atoms with Gasteiger partial charge in [0.2, 0.25) is 11.8 Å². The van der Waals surface area contributed by atoms with Crippen LogP contribution in [0.5, 0.6) is 0 Å². The van der Waals surface area contributed by atoms with E-state index >= 15 is 0 Å². The van der Waals surface area contributed by atoms with Gasteiger partial charge in [-0.2, -0.15) is 0 Å². The standard InChI is InChI=1S/C15H24N2O2/c1-15(6-2-3-7-15)10-14(19)16-8-9-17-12(11-16)4-5-13(17)18/h12H,2-11H2,1H3. The van der Waals surface area contributed by atoms with Crippen molar-refractivity contribution in [2.75, 3.05) is 19.6 Å². The summed E-state index contributed by atoms with van der Waals surface area (Å²) in [6.45, 7) is 4.50. The molecule has 2 aliphatic heterocycles. The first-order valence-corrected chi connectivity index (χ1v) is 7.65. The lowest BCUT2D eigenvalue weighted by Crippen LogP contribution is -2.53. The van der Waals surface area contributed by atoms with Crippen LogP contribution in [0.1, 0.15) is 51.9 Å². The summed E-state index contributed by atoms with van der Waals surface area (Å²) in [6, 6.07) is 0.293. The van der Waals surface area contributed by atoms with Gasteiger partial charge < -0.3 is 9.80 Å². The minimum atomic E-state index is 0.236. The molecule has 2 amide bonds. The molecule has 0 radical (unpaired) electrons. The zero-order valence-electron chi connectivity index (χ0n) is 11.9. The van der Waals surface area contributed by atoms with Gasteiger partial charge in [-0.3, -0.25) is 9.59 Å². The zero-order valence-corrected chi connectivity index (χ0v) is 11.9. The Balaban J connectivity index is 1.58. The molecule has 0 aromatic heterocycles. The number of rotatable bonds is 2. The Bertz CT molecular complexity index is 388. The van der Waals surface area contributed by atoms with Crippen molar-refractivity contribution in [1.82, 2.24) is 9.80 Å². The van der Waals surface area contributed by atoms with Crippen LogP contribution in [0.4, 0.5) is 0 Å².